The molecule has 0 aromatic heterocycles. The molecule has 12 heteroatoms. The van der Waals surface area contributed by atoms with E-state index in [9.17, 15) is 31.5 Å². The van der Waals surface area contributed by atoms with Crippen molar-refractivity contribution in [3.8, 4) is 0 Å². The van der Waals surface area contributed by atoms with Gasteiger partial charge in [0.25, 0.3) is 5.91 Å². The highest BCUT2D eigenvalue weighted by atomic mass is 79.9. The van der Waals surface area contributed by atoms with Crippen LogP contribution in [0.4, 0.5) is 38.1 Å². The lowest BCUT2D eigenvalue weighted by Gasteiger charge is -2.35. The van der Waals surface area contributed by atoms with Gasteiger partial charge >= 0.3 is 12.2 Å². The van der Waals surface area contributed by atoms with Gasteiger partial charge in [-0.3, -0.25) is 9.69 Å². The van der Waals surface area contributed by atoms with Crippen LogP contribution < -0.4 is 15.5 Å². The number of amides is 3. The van der Waals surface area contributed by atoms with Gasteiger partial charge in [0, 0.05) is 38.4 Å². The van der Waals surface area contributed by atoms with Crippen molar-refractivity contribution >= 4 is 50.8 Å². The fraction of sp³-hybridized carbons (Fsp3) is 0.167. The first kappa shape index (κ1) is 24.5. The van der Waals surface area contributed by atoms with Gasteiger partial charge in [-0.05, 0) is 54.4 Å². The molecule has 0 radical (unpaired) electrons. The lowest BCUT2D eigenvalue weighted by molar-refractivity contribution is -0.137. The van der Waals surface area contributed by atoms with Crippen LogP contribution in [0.25, 0.3) is 0 Å². The summed E-state index contributed by atoms with van der Waals surface area (Å²) in [6.07, 6.45) is -4.36. The summed E-state index contributed by atoms with van der Waals surface area (Å²) in [6, 6.07) is 5.26. The molecule has 0 spiro atoms. The summed E-state index contributed by atoms with van der Waals surface area (Å²) in [7, 11) is 0. The minimum atomic E-state index is -4.86. The maximum atomic E-state index is 14.1. The molecule has 186 valence electrons. The second kappa shape index (κ2) is 8.74. The number of carbonyl (C=O) groups excluding carboxylic acids is 2. The Labute approximate surface area is 214 Å². The first-order chi connectivity index (χ1) is 16.9. The topological polar surface area (TPSA) is 61.4 Å². The van der Waals surface area contributed by atoms with Gasteiger partial charge in [0.05, 0.1) is 17.3 Å². The maximum Gasteiger partial charge on any atom is 0.416 e. The van der Waals surface area contributed by atoms with Crippen LogP contribution in [0.1, 0.15) is 38.7 Å². The number of hydrogen-bond donors (Lipinski definition) is 2. The van der Waals surface area contributed by atoms with E-state index < -0.39 is 46.9 Å². The van der Waals surface area contributed by atoms with E-state index in [1.54, 1.807) is 0 Å². The van der Waals surface area contributed by atoms with Gasteiger partial charge in [-0.1, -0.05) is 27.5 Å². The maximum absolute atomic E-state index is 14.1. The molecule has 36 heavy (non-hydrogen) atoms. The zero-order valence-corrected chi connectivity index (χ0v) is 20.3. The van der Waals surface area contributed by atoms with Crippen molar-refractivity contribution < 1.29 is 31.5 Å². The van der Waals surface area contributed by atoms with Crippen molar-refractivity contribution in [2.24, 2.45) is 0 Å². The van der Waals surface area contributed by atoms with Crippen molar-refractivity contribution in [1.82, 2.24) is 5.32 Å². The summed E-state index contributed by atoms with van der Waals surface area (Å²) in [5.74, 6) is -2.84. The van der Waals surface area contributed by atoms with Crippen molar-refractivity contribution in [2.45, 2.75) is 18.6 Å². The summed E-state index contributed by atoms with van der Waals surface area (Å²) in [5, 5.41) is 5.46. The van der Waals surface area contributed by atoms with Gasteiger partial charge in [-0.15, -0.1) is 0 Å². The van der Waals surface area contributed by atoms with Crippen LogP contribution in [-0.4, -0.2) is 18.5 Å². The zero-order valence-electron chi connectivity index (χ0n) is 17.9. The monoisotopic (exact) mass is 585 g/mol. The Morgan fingerprint density at radius 1 is 1.11 bits per heavy atom. The van der Waals surface area contributed by atoms with Crippen molar-refractivity contribution in [3.05, 3.63) is 91.4 Å². The average Bonchev–Trinajstić information content (AvgIpc) is 3.25. The molecule has 3 aromatic rings. The molecule has 0 unspecified atom stereocenters. The number of alkyl halides is 3. The summed E-state index contributed by atoms with van der Waals surface area (Å²) in [4.78, 5) is 27.3. The molecule has 1 atom stereocenters. The molecule has 2 aliphatic heterocycles. The number of nitrogens with one attached hydrogen (secondary N) is 2. The highest BCUT2D eigenvalue weighted by Gasteiger charge is 2.40. The highest BCUT2D eigenvalue weighted by molar-refractivity contribution is 9.10. The van der Waals surface area contributed by atoms with Crippen molar-refractivity contribution in [2.75, 3.05) is 16.8 Å². The van der Waals surface area contributed by atoms with Crippen LogP contribution >= 0.6 is 27.5 Å². The van der Waals surface area contributed by atoms with E-state index in [2.05, 4.69) is 26.6 Å². The molecular formula is C24H14BrClF5N3O2. The SMILES string of the molecule is O=C(Nc1cc(Br)c2c3c1[C@@H](c1cc(F)ccc1Cl)NC(=O)N3CC2)c1cc(F)cc(C(F)(F)F)c1. The third-order valence-electron chi connectivity index (χ3n) is 6.05. The van der Waals surface area contributed by atoms with Crippen LogP contribution in [0.15, 0.2) is 46.9 Å². The number of urea groups is 1. The van der Waals surface area contributed by atoms with E-state index in [0.29, 0.717) is 46.9 Å². The second-order valence-corrected chi connectivity index (χ2v) is 9.54. The van der Waals surface area contributed by atoms with E-state index in [4.69, 9.17) is 11.6 Å². The van der Waals surface area contributed by atoms with E-state index in [1.165, 1.54) is 17.0 Å². The largest absolute Gasteiger partial charge is 0.416 e. The van der Waals surface area contributed by atoms with E-state index in [-0.39, 0.29) is 16.3 Å². The fourth-order valence-corrected chi connectivity index (χ4v) is 5.34. The molecule has 0 bridgehead atoms. The standard InChI is InChI=1S/C24H14BrClF5N3O2/c25-16-9-18(32-22(35)10-5-11(24(29,30)31)7-13(28)6-10)19-20(15-8-12(27)1-2-17(15)26)33-23(36)34-4-3-14(16)21(19)34/h1-2,5-9,20H,3-4H2,(H,32,35)(H,33,36)/t20-/m1/s1. The van der Waals surface area contributed by atoms with Crippen LogP contribution in [0, 0.1) is 11.6 Å². The molecule has 5 nitrogen and oxygen atoms in total. The van der Waals surface area contributed by atoms with Crippen LogP contribution in [0.5, 0.6) is 0 Å². The first-order valence-electron chi connectivity index (χ1n) is 10.5. The Balaban J connectivity index is 1.65. The summed E-state index contributed by atoms with van der Waals surface area (Å²) < 4.78 is 68.1. The minimum Gasteiger partial charge on any atom is -0.327 e. The second-order valence-electron chi connectivity index (χ2n) is 8.28. The molecule has 2 heterocycles. The van der Waals surface area contributed by atoms with Gasteiger partial charge in [0.1, 0.15) is 11.6 Å². The van der Waals surface area contributed by atoms with Gasteiger partial charge in [-0.25, -0.2) is 13.6 Å². The van der Waals surface area contributed by atoms with Crippen molar-refractivity contribution in [1.29, 1.82) is 0 Å². The van der Waals surface area contributed by atoms with Crippen LogP contribution in [0.3, 0.4) is 0 Å². The Morgan fingerprint density at radius 3 is 2.58 bits per heavy atom. The lowest BCUT2D eigenvalue weighted by Crippen LogP contribution is -2.46. The molecule has 3 aromatic carbocycles. The van der Waals surface area contributed by atoms with Gasteiger partial charge in [0.15, 0.2) is 0 Å². The zero-order chi connectivity index (χ0) is 25.9. The number of nitrogens with zero attached hydrogens (tertiary/aromatic N) is 1. The normalized spacial score (nSPS) is 16.6. The number of halogens is 7. The number of anilines is 2. The quantitative estimate of drug-likeness (QED) is 0.331. The molecule has 5 rings (SSSR count). The molecule has 0 aliphatic carbocycles. The fourth-order valence-electron chi connectivity index (χ4n) is 4.50. The molecular weight excluding hydrogens is 573 g/mol. The number of carbonyl (C=O) groups is 2. The summed E-state index contributed by atoms with van der Waals surface area (Å²) in [6.45, 7) is 0.340. The number of hydrogen-bond acceptors (Lipinski definition) is 2. The van der Waals surface area contributed by atoms with E-state index in [0.717, 1.165) is 17.7 Å². The molecule has 0 saturated carbocycles. The highest BCUT2D eigenvalue weighted by Crippen LogP contribution is 2.49. The average molecular weight is 587 g/mol. The van der Waals surface area contributed by atoms with Crippen molar-refractivity contribution in [3.63, 3.8) is 0 Å². The molecule has 2 aliphatic rings. The lowest BCUT2D eigenvalue weighted by atomic mass is 9.91. The summed E-state index contributed by atoms with van der Waals surface area (Å²) >= 11 is 9.75. The predicted octanol–water partition coefficient (Wildman–Crippen LogP) is 6.83. The Hall–Kier alpha value is -3.18. The van der Waals surface area contributed by atoms with Crippen LogP contribution in [-0.2, 0) is 12.6 Å². The van der Waals surface area contributed by atoms with E-state index >= 15 is 0 Å². The number of rotatable bonds is 3. The third-order valence-corrected chi connectivity index (χ3v) is 7.10. The van der Waals surface area contributed by atoms with Gasteiger partial charge in [0.2, 0.25) is 0 Å². The third kappa shape index (κ3) is 4.20. The van der Waals surface area contributed by atoms with Gasteiger partial charge < -0.3 is 10.6 Å². The molecule has 3 amide bonds. The first-order valence-corrected chi connectivity index (χ1v) is 11.7. The minimum absolute atomic E-state index is 0.126. The summed E-state index contributed by atoms with van der Waals surface area (Å²) in [5.41, 5.74) is 0.0978. The van der Waals surface area contributed by atoms with Crippen LogP contribution in [0.2, 0.25) is 5.02 Å². The Morgan fingerprint density at radius 2 is 1.86 bits per heavy atom. The molecule has 2 N–H and O–H groups in total. The molecule has 0 fully saturated rings. The Bertz CT molecular complexity index is 1450. The van der Waals surface area contributed by atoms with E-state index in [1.807, 2.05) is 0 Å². The predicted molar refractivity (Wildman–Crippen MR) is 126 cm³/mol. The van der Waals surface area contributed by atoms with Gasteiger partial charge in [-0.2, -0.15) is 13.2 Å². The Kier molecular flexibility index (Phi) is 5.95. The molecule has 0 saturated heterocycles. The smallest absolute Gasteiger partial charge is 0.327 e. The number of benzene rings is 3.